The highest BCUT2D eigenvalue weighted by Crippen LogP contribution is 2.26. The van der Waals surface area contributed by atoms with E-state index in [4.69, 9.17) is 27.9 Å². The van der Waals surface area contributed by atoms with Crippen molar-refractivity contribution in [1.82, 2.24) is 15.8 Å². The number of para-hydroxylation sites is 2. The summed E-state index contributed by atoms with van der Waals surface area (Å²) in [5.74, 6) is -1.09. The van der Waals surface area contributed by atoms with Crippen LogP contribution < -0.4 is 20.3 Å². The highest BCUT2D eigenvalue weighted by atomic mass is 35.5. The predicted molar refractivity (Wildman–Crippen MR) is 119 cm³/mol. The Balaban J connectivity index is 1.72. The molecule has 3 N–H and O–H groups in total. The smallest absolute Gasteiger partial charge is 0.271 e. The SMILES string of the molecule is COc1ccccc1NS(=O)(=O)c1cccc(C(=O)NNC(=O)c2cnc(Cl)c(Cl)c2)c1. The van der Waals surface area contributed by atoms with E-state index in [2.05, 4.69) is 20.6 Å². The fourth-order valence-electron chi connectivity index (χ4n) is 2.54. The molecule has 0 fully saturated rings. The molecule has 0 bridgehead atoms. The van der Waals surface area contributed by atoms with Gasteiger partial charge >= 0.3 is 0 Å². The van der Waals surface area contributed by atoms with E-state index >= 15 is 0 Å². The first-order valence-corrected chi connectivity index (χ1v) is 11.1. The Hall–Kier alpha value is -3.34. The van der Waals surface area contributed by atoms with Crippen LogP contribution >= 0.6 is 23.2 Å². The summed E-state index contributed by atoms with van der Waals surface area (Å²) in [5.41, 5.74) is 4.71. The average Bonchev–Trinajstić information content (AvgIpc) is 2.79. The summed E-state index contributed by atoms with van der Waals surface area (Å²) in [5, 5.41) is 0.109. The van der Waals surface area contributed by atoms with Gasteiger partial charge in [0.25, 0.3) is 21.8 Å². The summed E-state index contributed by atoms with van der Waals surface area (Å²) < 4.78 is 33.1. The number of aromatic nitrogens is 1. The van der Waals surface area contributed by atoms with Gasteiger partial charge in [-0.25, -0.2) is 13.4 Å². The van der Waals surface area contributed by atoms with Gasteiger partial charge in [-0.15, -0.1) is 0 Å². The van der Waals surface area contributed by atoms with Crippen LogP contribution in [-0.2, 0) is 10.0 Å². The van der Waals surface area contributed by atoms with E-state index in [-0.39, 0.29) is 31.9 Å². The minimum Gasteiger partial charge on any atom is -0.495 e. The molecule has 1 heterocycles. The van der Waals surface area contributed by atoms with Crippen molar-refractivity contribution in [2.45, 2.75) is 4.90 Å². The zero-order chi connectivity index (χ0) is 23.3. The lowest BCUT2D eigenvalue weighted by atomic mass is 10.2. The fourth-order valence-corrected chi connectivity index (χ4v) is 3.93. The van der Waals surface area contributed by atoms with Gasteiger partial charge in [0.05, 0.1) is 28.3 Å². The van der Waals surface area contributed by atoms with Crippen LogP contribution in [-0.4, -0.2) is 32.3 Å². The third-order valence-electron chi connectivity index (χ3n) is 4.11. The van der Waals surface area contributed by atoms with Crippen molar-refractivity contribution in [3.63, 3.8) is 0 Å². The maximum atomic E-state index is 12.8. The summed E-state index contributed by atoms with van der Waals surface area (Å²) in [6.45, 7) is 0. The van der Waals surface area contributed by atoms with Crippen LogP contribution in [0.25, 0.3) is 0 Å². The van der Waals surface area contributed by atoms with Gasteiger partial charge in [0.15, 0.2) is 0 Å². The molecule has 2 aromatic carbocycles. The predicted octanol–water partition coefficient (Wildman–Crippen LogP) is 3.27. The molecule has 0 unspecified atom stereocenters. The van der Waals surface area contributed by atoms with E-state index in [9.17, 15) is 18.0 Å². The highest BCUT2D eigenvalue weighted by Gasteiger charge is 2.19. The number of hydrogen-bond acceptors (Lipinski definition) is 6. The third kappa shape index (κ3) is 5.47. The lowest BCUT2D eigenvalue weighted by Gasteiger charge is -2.12. The van der Waals surface area contributed by atoms with Crippen molar-refractivity contribution < 1.29 is 22.7 Å². The number of hydrazine groups is 1. The number of nitrogens with one attached hydrogen (secondary N) is 3. The molecule has 9 nitrogen and oxygen atoms in total. The van der Waals surface area contributed by atoms with Gasteiger partial charge in [-0.2, -0.15) is 0 Å². The maximum Gasteiger partial charge on any atom is 0.271 e. The number of nitrogens with zero attached hydrogens (tertiary/aromatic N) is 1. The number of rotatable bonds is 6. The second-order valence-electron chi connectivity index (χ2n) is 6.24. The van der Waals surface area contributed by atoms with Crippen molar-refractivity contribution in [3.8, 4) is 5.75 Å². The van der Waals surface area contributed by atoms with Crippen molar-refractivity contribution in [2.24, 2.45) is 0 Å². The number of amides is 2. The minimum atomic E-state index is -4.02. The molecule has 1 aromatic heterocycles. The Morgan fingerprint density at radius 2 is 1.62 bits per heavy atom. The van der Waals surface area contributed by atoms with Gasteiger partial charge < -0.3 is 4.74 Å². The van der Waals surface area contributed by atoms with Crippen LogP contribution in [0.4, 0.5) is 5.69 Å². The zero-order valence-electron chi connectivity index (χ0n) is 16.4. The molecule has 0 atom stereocenters. The molecule has 0 saturated heterocycles. The van der Waals surface area contributed by atoms with Crippen molar-refractivity contribution in [3.05, 3.63) is 82.1 Å². The highest BCUT2D eigenvalue weighted by molar-refractivity contribution is 7.92. The minimum absolute atomic E-state index is 0.000431. The van der Waals surface area contributed by atoms with Crippen LogP contribution in [0.15, 0.2) is 65.7 Å². The monoisotopic (exact) mass is 494 g/mol. The molecule has 0 spiro atoms. The van der Waals surface area contributed by atoms with Crippen LogP contribution in [0.3, 0.4) is 0 Å². The first-order chi connectivity index (χ1) is 15.2. The fraction of sp³-hybridized carbons (Fsp3) is 0.0500. The molecule has 32 heavy (non-hydrogen) atoms. The first-order valence-electron chi connectivity index (χ1n) is 8.89. The molecule has 0 aliphatic heterocycles. The van der Waals surface area contributed by atoms with Gasteiger partial charge in [0.2, 0.25) is 0 Å². The topological polar surface area (TPSA) is 126 Å². The summed E-state index contributed by atoms with van der Waals surface area (Å²) >= 11 is 11.5. The summed E-state index contributed by atoms with van der Waals surface area (Å²) in [4.78, 5) is 28.2. The van der Waals surface area contributed by atoms with Gasteiger partial charge in [-0.3, -0.25) is 25.2 Å². The molecular formula is C20H16Cl2N4O5S. The number of methoxy groups -OCH3 is 1. The van der Waals surface area contributed by atoms with E-state index in [0.29, 0.717) is 5.75 Å². The van der Waals surface area contributed by atoms with Crippen LogP contribution in [0, 0.1) is 0 Å². The second kappa shape index (κ2) is 9.86. The van der Waals surface area contributed by atoms with Crippen molar-refractivity contribution in [1.29, 1.82) is 0 Å². The van der Waals surface area contributed by atoms with Gasteiger partial charge in [-0.05, 0) is 36.4 Å². The maximum absolute atomic E-state index is 12.8. The van der Waals surface area contributed by atoms with Gasteiger partial charge in [0, 0.05) is 11.8 Å². The van der Waals surface area contributed by atoms with E-state index in [1.807, 2.05) is 0 Å². The van der Waals surface area contributed by atoms with Gasteiger partial charge in [0.1, 0.15) is 10.9 Å². The molecule has 2 amide bonds. The molecule has 3 rings (SSSR count). The second-order valence-corrected chi connectivity index (χ2v) is 8.69. The number of ether oxygens (including phenoxy) is 1. The number of anilines is 1. The van der Waals surface area contributed by atoms with Crippen molar-refractivity contribution >= 4 is 50.7 Å². The number of carbonyl (C=O) groups is 2. The first kappa shape index (κ1) is 23.3. The molecule has 0 aliphatic rings. The molecule has 3 aromatic rings. The Morgan fingerprint density at radius 3 is 2.31 bits per heavy atom. The lowest BCUT2D eigenvalue weighted by Crippen LogP contribution is -2.41. The van der Waals surface area contributed by atoms with Crippen LogP contribution in [0.1, 0.15) is 20.7 Å². The van der Waals surface area contributed by atoms with Crippen LogP contribution in [0.2, 0.25) is 10.2 Å². The number of sulfonamides is 1. The Labute approximate surface area is 193 Å². The summed E-state index contributed by atoms with van der Waals surface area (Å²) in [6, 6.07) is 13.1. The quantitative estimate of drug-likeness (QED) is 0.356. The van der Waals surface area contributed by atoms with Crippen LogP contribution in [0.5, 0.6) is 5.75 Å². The number of halogens is 2. The molecule has 0 radical (unpaired) electrons. The standard InChI is InChI=1S/C20H16Cl2N4O5S/c1-31-17-8-3-2-7-16(17)26-32(29,30)14-6-4-5-12(9-14)19(27)24-25-20(28)13-10-15(21)18(22)23-11-13/h2-11,26H,1H3,(H,24,27)(H,25,28). The van der Waals surface area contributed by atoms with E-state index in [1.165, 1.54) is 43.6 Å². The van der Waals surface area contributed by atoms with Gasteiger partial charge in [-0.1, -0.05) is 41.4 Å². The normalized spacial score (nSPS) is 10.8. The Kier molecular flexibility index (Phi) is 7.18. The number of carbonyl (C=O) groups excluding carboxylic acids is 2. The molecule has 12 heteroatoms. The number of pyridine rings is 1. The Bertz CT molecular complexity index is 1280. The molecular weight excluding hydrogens is 479 g/mol. The van der Waals surface area contributed by atoms with E-state index in [0.717, 1.165) is 0 Å². The van der Waals surface area contributed by atoms with E-state index in [1.54, 1.807) is 24.3 Å². The molecule has 0 saturated carbocycles. The third-order valence-corrected chi connectivity index (χ3v) is 6.16. The lowest BCUT2D eigenvalue weighted by molar-refractivity contribution is 0.0846. The summed E-state index contributed by atoms with van der Waals surface area (Å²) in [7, 11) is -2.60. The molecule has 0 aliphatic carbocycles. The van der Waals surface area contributed by atoms with Crippen molar-refractivity contribution in [2.75, 3.05) is 11.8 Å². The molecule has 166 valence electrons. The largest absolute Gasteiger partial charge is 0.495 e. The number of hydrogen-bond donors (Lipinski definition) is 3. The zero-order valence-corrected chi connectivity index (χ0v) is 18.8. The summed E-state index contributed by atoms with van der Waals surface area (Å²) in [6.07, 6.45) is 1.19. The Morgan fingerprint density at radius 1 is 0.938 bits per heavy atom. The number of benzene rings is 2. The average molecular weight is 495 g/mol. The van der Waals surface area contributed by atoms with E-state index < -0.39 is 21.8 Å².